The molecule has 3 heterocycles. The van der Waals surface area contributed by atoms with Gasteiger partial charge in [0.2, 0.25) is 0 Å². The molecule has 6 aromatic rings. The zero-order valence-corrected chi connectivity index (χ0v) is 17.8. The van der Waals surface area contributed by atoms with Gasteiger partial charge in [0.15, 0.2) is 5.82 Å². The monoisotopic (exact) mass is 415 g/mol. The highest BCUT2D eigenvalue weighted by molar-refractivity contribution is 5.98. The van der Waals surface area contributed by atoms with Crippen molar-refractivity contribution in [3.05, 3.63) is 90.3 Å². The zero-order chi connectivity index (χ0) is 21.7. The van der Waals surface area contributed by atoms with Crippen molar-refractivity contribution in [1.82, 2.24) is 25.1 Å². The molecule has 0 spiro atoms. The van der Waals surface area contributed by atoms with Crippen LogP contribution < -0.4 is 0 Å². The summed E-state index contributed by atoms with van der Waals surface area (Å²) in [7, 11) is 0. The molecule has 5 nitrogen and oxygen atoms in total. The predicted octanol–water partition coefficient (Wildman–Crippen LogP) is 6.45. The Kier molecular flexibility index (Phi) is 4.15. The minimum absolute atomic E-state index is 0.755. The summed E-state index contributed by atoms with van der Waals surface area (Å²) in [4.78, 5) is 12.8. The molecule has 0 radical (unpaired) electrons. The van der Waals surface area contributed by atoms with Gasteiger partial charge < -0.3 is 4.98 Å². The van der Waals surface area contributed by atoms with Crippen molar-refractivity contribution >= 4 is 21.9 Å². The predicted molar refractivity (Wildman–Crippen MR) is 129 cm³/mol. The molecule has 0 unspecified atom stereocenters. The van der Waals surface area contributed by atoms with Crippen molar-refractivity contribution in [2.75, 3.05) is 0 Å². The van der Waals surface area contributed by atoms with Crippen LogP contribution in [0.4, 0.5) is 0 Å². The van der Waals surface area contributed by atoms with Gasteiger partial charge in [-0.3, -0.25) is 10.1 Å². The number of nitrogens with zero attached hydrogens (tertiary/aromatic N) is 3. The summed E-state index contributed by atoms with van der Waals surface area (Å²) in [5.41, 5.74) is 10.7. The van der Waals surface area contributed by atoms with E-state index in [9.17, 15) is 0 Å². The second kappa shape index (κ2) is 7.17. The van der Waals surface area contributed by atoms with E-state index >= 15 is 0 Å². The lowest BCUT2D eigenvalue weighted by molar-refractivity contribution is 1.11. The average molecular weight is 416 g/mol. The Morgan fingerprint density at radius 1 is 0.781 bits per heavy atom. The summed E-state index contributed by atoms with van der Waals surface area (Å²) in [6.07, 6.45) is 3.73. The van der Waals surface area contributed by atoms with E-state index in [4.69, 9.17) is 4.98 Å². The van der Waals surface area contributed by atoms with E-state index in [1.165, 1.54) is 11.1 Å². The maximum Gasteiger partial charge on any atom is 0.159 e. The van der Waals surface area contributed by atoms with Crippen LogP contribution in [0.15, 0.2) is 79.1 Å². The van der Waals surface area contributed by atoms with Gasteiger partial charge >= 0.3 is 0 Å². The minimum Gasteiger partial charge on any atom is -0.337 e. The summed E-state index contributed by atoms with van der Waals surface area (Å²) in [5, 5.41) is 8.78. The highest BCUT2D eigenvalue weighted by Crippen LogP contribution is 2.33. The minimum atomic E-state index is 0.755. The first-order valence-electron chi connectivity index (χ1n) is 10.6. The SMILES string of the molecule is Cc1ccc(-c2cccc3[nH]c(-c4n[nH]c5ccc(-c6cnccc6C)cc45)nc23)cc1. The Balaban J connectivity index is 1.51. The Morgan fingerprint density at radius 3 is 2.47 bits per heavy atom. The summed E-state index contributed by atoms with van der Waals surface area (Å²) in [6, 6.07) is 23.1. The van der Waals surface area contributed by atoms with Crippen LogP contribution in [0.25, 0.3) is 55.7 Å². The molecule has 6 rings (SSSR count). The third kappa shape index (κ3) is 2.98. The highest BCUT2D eigenvalue weighted by Gasteiger charge is 2.16. The van der Waals surface area contributed by atoms with Crippen LogP contribution in [0.5, 0.6) is 0 Å². The van der Waals surface area contributed by atoms with Crippen LogP contribution >= 0.6 is 0 Å². The van der Waals surface area contributed by atoms with Gasteiger partial charge in [0.1, 0.15) is 5.69 Å². The normalized spacial score (nSPS) is 11.4. The van der Waals surface area contributed by atoms with E-state index in [2.05, 4.69) is 94.7 Å². The molecular formula is C27H21N5. The maximum absolute atomic E-state index is 4.97. The Morgan fingerprint density at radius 2 is 1.62 bits per heavy atom. The number of benzene rings is 3. The van der Waals surface area contributed by atoms with E-state index in [-0.39, 0.29) is 0 Å². The third-order valence-electron chi connectivity index (χ3n) is 6.01. The molecule has 0 saturated carbocycles. The number of fused-ring (bicyclic) bond motifs is 2. The fourth-order valence-corrected chi connectivity index (χ4v) is 4.24. The van der Waals surface area contributed by atoms with Crippen LogP contribution in [0, 0.1) is 13.8 Å². The number of imidazole rings is 1. The number of aromatic amines is 2. The fraction of sp³-hybridized carbons (Fsp3) is 0.0741. The molecule has 5 heteroatoms. The summed E-state index contributed by atoms with van der Waals surface area (Å²) in [5.74, 6) is 0.755. The van der Waals surface area contributed by atoms with Crippen molar-refractivity contribution in [2.45, 2.75) is 13.8 Å². The molecule has 0 atom stereocenters. The topological polar surface area (TPSA) is 70.2 Å². The van der Waals surface area contributed by atoms with Gasteiger partial charge in [0.25, 0.3) is 0 Å². The van der Waals surface area contributed by atoms with E-state index in [0.29, 0.717) is 0 Å². The third-order valence-corrected chi connectivity index (χ3v) is 6.01. The van der Waals surface area contributed by atoms with Crippen molar-refractivity contribution in [1.29, 1.82) is 0 Å². The summed E-state index contributed by atoms with van der Waals surface area (Å²) >= 11 is 0. The number of hydrogen-bond acceptors (Lipinski definition) is 3. The fourth-order valence-electron chi connectivity index (χ4n) is 4.24. The molecule has 2 N–H and O–H groups in total. The lowest BCUT2D eigenvalue weighted by Gasteiger charge is -2.05. The Hall–Kier alpha value is -4.25. The molecule has 0 aliphatic heterocycles. The quantitative estimate of drug-likeness (QED) is 0.349. The average Bonchev–Trinajstić information content (AvgIpc) is 3.43. The van der Waals surface area contributed by atoms with Crippen molar-refractivity contribution < 1.29 is 0 Å². The second-order valence-corrected chi connectivity index (χ2v) is 8.18. The highest BCUT2D eigenvalue weighted by atomic mass is 15.1. The maximum atomic E-state index is 4.97. The van der Waals surface area contributed by atoms with E-state index in [0.717, 1.165) is 55.7 Å². The van der Waals surface area contributed by atoms with Gasteiger partial charge in [0.05, 0.1) is 16.6 Å². The number of nitrogens with one attached hydrogen (secondary N) is 2. The van der Waals surface area contributed by atoms with Crippen LogP contribution in [-0.4, -0.2) is 25.1 Å². The first-order valence-corrected chi connectivity index (χ1v) is 10.6. The molecule has 0 bridgehead atoms. The molecule has 0 amide bonds. The molecular weight excluding hydrogens is 394 g/mol. The lowest BCUT2D eigenvalue weighted by Crippen LogP contribution is -1.86. The zero-order valence-electron chi connectivity index (χ0n) is 17.8. The number of H-pyrrole nitrogens is 2. The molecule has 0 saturated heterocycles. The standard InChI is InChI=1S/C27H21N5/c1-16-6-8-18(9-7-16)20-4-3-5-24-25(20)30-27(29-24)26-21-14-19(10-11-23(21)31-32-26)22-15-28-13-12-17(22)2/h3-15H,1-2H3,(H,29,30)(H,31,32). The molecule has 154 valence electrons. The first-order chi connectivity index (χ1) is 15.7. The van der Waals surface area contributed by atoms with Crippen LogP contribution in [0.1, 0.15) is 11.1 Å². The Bertz CT molecular complexity index is 1590. The van der Waals surface area contributed by atoms with Crippen molar-refractivity contribution in [2.24, 2.45) is 0 Å². The molecule has 0 fully saturated rings. The van der Waals surface area contributed by atoms with Crippen molar-refractivity contribution in [3.8, 4) is 33.8 Å². The van der Waals surface area contributed by atoms with Crippen LogP contribution in [0.3, 0.4) is 0 Å². The number of aryl methyl sites for hydroxylation is 2. The number of pyridine rings is 1. The van der Waals surface area contributed by atoms with E-state index in [1.54, 1.807) is 0 Å². The summed E-state index contributed by atoms with van der Waals surface area (Å²) < 4.78 is 0. The molecule has 32 heavy (non-hydrogen) atoms. The van der Waals surface area contributed by atoms with Gasteiger partial charge in [0, 0.05) is 28.9 Å². The number of rotatable bonds is 3. The van der Waals surface area contributed by atoms with Crippen LogP contribution in [-0.2, 0) is 0 Å². The molecule has 0 aliphatic carbocycles. The van der Waals surface area contributed by atoms with Crippen molar-refractivity contribution in [3.63, 3.8) is 0 Å². The summed E-state index contributed by atoms with van der Waals surface area (Å²) in [6.45, 7) is 4.20. The number of hydrogen-bond donors (Lipinski definition) is 2. The molecule has 3 aromatic heterocycles. The van der Waals surface area contributed by atoms with Gasteiger partial charge in [-0.1, -0.05) is 48.0 Å². The number of para-hydroxylation sites is 1. The first kappa shape index (κ1) is 18.5. The molecule has 3 aromatic carbocycles. The Labute approximate surface area is 185 Å². The second-order valence-electron chi connectivity index (χ2n) is 8.18. The number of aromatic nitrogens is 5. The van der Waals surface area contributed by atoms with E-state index < -0.39 is 0 Å². The van der Waals surface area contributed by atoms with Gasteiger partial charge in [-0.2, -0.15) is 5.10 Å². The largest absolute Gasteiger partial charge is 0.337 e. The van der Waals surface area contributed by atoms with Gasteiger partial charge in [-0.25, -0.2) is 4.98 Å². The lowest BCUT2D eigenvalue weighted by atomic mass is 10.0. The smallest absolute Gasteiger partial charge is 0.159 e. The van der Waals surface area contributed by atoms with Gasteiger partial charge in [-0.05, 0) is 54.8 Å². The van der Waals surface area contributed by atoms with Crippen LogP contribution in [0.2, 0.25) is 0 Å². The van der Waals surface area contributed by atoms with E-state index in [1.807, 2.05) is 18.5 Å². The molecule has 0 aliphatic rings. The van der Waals surface area contributed by atoms with Gasteiger partial charge in [-0.15, -0.1) is 0 Å².